The number of primary amides is 1. The number of rotatable bonds is 5. The Bertz CT molecular complexity index is 1310. The largest absolute Gasteiger partial charge is 0.369 e. The Morgan fingerprint density at radius 3 is 2.42 bits per heavy atom. The summed E-state index contributed by atoms with van der Waals surface area (Å²) >= 11 is 6.57. The number of benzene rings is 2. The standard InChI is InChI=1S/C25H25ClN6O/c1-2-25(24(27)33)12-14-31(15-13-25)22-20-23(29-16-28-22)32(17-8-4-3-5-9-17)21(30-20)18-10-6-7-11-19(18)26/h3-11,16H,2,12-15H2,1H3,(H2,27,33). The van der Waals surface area contributed by atoms with Crippen LogP contribution in [0.15, 0.2) is 60.9 Å². The Labute approximate surface area is 197 Å². The van der Waals surface area contributed by atoms with Crippen molar-refractivity contribution in [2.24, 2.45) is 11.1 Å². The second kappa shape index (κ2) is 8.48. The first-order valence-corrected chi connectivity index (χ1v) is 11.5. The van der Waals surface area contributed by atoms with Gasteiger partial charge < -0.3 is 10.6 Å². The molecule has 4 aromatic rings. The number of fused-ring (bicyclic) bond motifs is 1. The molecule has 0 radical (unpaired) electrons. The van der Waals surface area contributed by atoms with Crippen LogP contribution in [0.2, 0.25) is 5.02 Å². The first-order chi connectivity index (χ1) is 16.0. The summed E-state index contributed by atoms with van der Waals surface area (Å²) in [5, 5.41) is 0.617. The van der Waals surface area contributed by atoms with E-state index in [1.54, 1.807) is 6.33 Å². The minimum atomic E-state index is -0.450. The lowest BCUT2D eigenvalue weighted by Crippen LogP contribution is -2.47. The zero-order valence-electron chi connectivity index (χ0n) is 18.4. The van der Waals surface area contributed by atoms with Gasteiger partial charge in [-0.15, -0.1) is 0 Å². The number of aromatic nitrogens is 4. The van der Waals surface area contributed by atoms with Crippen LogP contribution in [0.3, 0.4) is 0 Å². The topological polar surface area (TPSA) is 89.9 Å². The molecular weight excluding hydrogens is 436 g/mol. The number of piperidine rings is 1. The van der Waals surface area contributed by atoms with Crippen molar-refractivity contribution in [3.63, 3.8) is 0 Å². The molecule has 0 unspecified atom stereocenters. The molecule has 1 fully saturated rings. The third-order valence-corrected chi connectivity index (χ3v) is 7.10. The maximum atomic E-state index is 12.1. The second-order valence-corrected chi connectivity index (χ2v) is 8.85. The van der Waals surface area contributed by atoms with Crippen molar-refractivity contribution >= 4 is 34.5 Å². The van der Waals surface area contributed by atoms with Gasteiger partial charge in [0.25, 0.3) is 0 Å². The van der Waals surface area contributed by atoms with Gasteiger partial charge in [-0.05, 0) is 43.5 Å². The molecule has 33 heavy (non-hydrogen) atoms. The van der Waals surface area contributed by atoms with Crippen molar-refractivity contribution < 1.29 is 4.79 Å². The zero-order chi connectivity index (χ0) is 23.0. The van der Waals surface area contributed by atoms with Gasteiger partial charge in [-0.3, -0.25) is 9.36 Å². The molecular formula is C25H25ClN6O. The normalized spacial score (nSPS) is 15.6. The van der Waals surface area contributed by atoms with Crippen LogP contribution in [-0.4, -0.2) is 38.5 Å². The average molecular weight is 461 g/mol. The Kier molecular flexibility index (Phi) is 5.50. The SMILES string of the molecule is CCC1(C(N)=O)CCN(c2ncnc3c2nc(-c2ccccc2Cl)n3-c2ccccc2)CC1. The van der Waals surface area contributed by atoms with Crippen LogP contribution in [-0.2, 0) is 4.79 Å². The van der Waals surface area contributed by atoms with Crippen molar-refractivity contribution in [3.05, 3.63) is 65.9 Å². The number of hydrogen-bond acceptors (Lipinski definition) is 5. The van der Waals surface area contributed by atoms with E-state index in [2.05, 4.69) is 14.9 Å². The van der Waals surface area contributed by atoms with Crippen molar-refractivity contribution in [3.8, 4) is 17.1 Å². The Morgan fingerprint density at radius 2 is 1.76 bits per heavy atom. The molecule has 0 aliphatic carbocycles. The molecule has 2 N–H and O–H groups in total. The molecule has 0 bridgehead atoms. The summed E-state index contributed by atoms with van der Waals surface area (Å²) in [4.78, 5) is 28.5. The third kappa shape index (κ3) is 3.62. The monoisotopic (exact) mass is 460 g/mol. The average Bonchev–Trinajstić information content (AvgIpc) is 3.24. The number of nitrogens with zero attached hydrogens (tertiary/aromatic N) is 5. The summed E-state index contributed by atoms with van der Waals surface area (Å²) in [5.41, 5.74) is 8.48. The lowest BCUT2D eigenvalue weighted by atomic mass is 9.75. The molecule has 0 atom stereocenters. The molecule has 1 saturated heterocycles. The van der Waals surface area contributed by atoms with E-state index in [-0.39, 0.29) is 5.91 Å². The second-order valence-electron chi connectivity index (χ2n) is 8.44. The van der Waals surface area contributed by atoms with Crippen LogP contribution in [0.5, 0.6) is 0 Å². The highest BCUT2D eigenvalue weighted by atomic mass is 35.5. The van der Waals surface area contributed by atoms with E-state index < -0.39 is 5.41 Å². The summed E-state index contributed by atoms with van der Waals surface area (Å²) < 4.78 is 2.02. The van der Waals surface area contributed by atoms with Crippen molar-refractivity contribution in [1.29, 1.82) is 0 Å². The summed E-state index contributed by atoms with van der Waals surface area (Å²) in [7, 11) is 0. The van der Waals surface area contributed by atoms with Crippen molar-refractivity contribution in [1.82, 2.24) is 19.5 Å². The Balaban J connectivity index is 1.65. The molecule has 2 aromatic carbocycles. The molecule has 3 heterocycles. The van der Waals surface area contributed by atoms with Crippen LogP contribution in [0.25, 0.3) is 28.2 Å². The number of para-hydroxylation sites is 1. The number of carbonyl (C=O) groups is 1. The summed E-state index contributed by atoms with van der Waals surface area (Å²) in [6.45, 7) is 3.39. The van der Waals surface area contributed by atoms with Gasteiger partial charge in [0, 0.05) is 24.3 Å². The quantitative estimate of drug-likeness (QED) is 0.469. The fourth-order valence-corrected chi connectivity index (χ4v) is 4.90. The van der Waals surface area contributed by atoms with Gasteiger partial charge >= 0.3 is 0 Å². The van der Waals surface area contributed by atoms with E-state index in [4.69, 9.17) is 22.3 Å². The van der Waals surface area contributed by atoms with Crippen LogP contribution in [0.4, 0.5) is 5.82 Å². The predicted octanol–water partition coefficient (Wildman–Crippen LogP) is 4.62. The molecule has 0 spiro atoms. The predicted molar refractivity (Wildman–Crippen MR) is 130 cm³/mol. The summed E-state index contributed by atoms with van der Waals surface area (Å²) in [6.07, 6.45) is 3.71. The molecule has 7 nitrogen and oxygen atoms in total. The van der Waals surface area contributed by atoms with E-state index >= 15 is 0 Å². The van der Waals surface area contributed by atoms with Crippen LogP contribution in [0.1, 0.15) is 26.2 Å². The van der Waals surface area contributed by atoms with Gasteiger partial charge in [0.05, 0.1) is 10.4 Å². The fraction of sp³-hybridized carbons (Fsp3) is 0.280. The minimum Gasteiger partial charge on any atom is -0.369 e. The molecule has 8 heteroatoms. The minimum absolute atomic E-state index is 0.216. The van der Waals surface area contributed by atoms with Crippen LogP contribution in [0, 0.1) is 5.41 Å². The van der Waals surface area contributed by atoms with E-state index in [0.717, 1.165) is 23.5 Å². The first kappa shape index (κ1) is 21.4. The molecule has 1 aliphatic heterocycles. The Hall–Kier alpha value is -3.45. The lowest BCUT2D eigenvalue weighted by molar-refractivity contribution is -0.129. The van der Waals surface area contributed by atoms with Crippen LogP contribution < -0.4 is 10.6 Å². The highest BCUT2D eigenvalue weighted by molar-refractivity contribution is 6.33. The summed E-state index contributed by atoms with van der Waals surface area (Å²) in [6, 6.07) is 17.7. The molecule has 1 aliphatic rings. The number of nitrogens with two attached hydrogens (primary N) is 1. The van der Waals surface area contributed by atoms with Gasteiger partial charge in [-0.25, -0.2) is 15.0 Å². The third-order valence-electron chi connectivity index (χ3n) is 6.77. The molecule has 1 amide bonds. The lowest BCUT2D eigenvalue weighted by Gasteiger charge is -2.39. The number of imidazole rings is 1. The number of carbonyl (C=O) groups excluding carboxylic acids is 1. The van der Waals surface area contributed by atoms with Gasteiger partial charge in [0.15, 0.2) is 17.0 Å². The maximum Gasteiger partial charge on any atom is 0.223 e. The number of anilines is 1. The highest BCUT2D eigenvalue weighted by Crippen LogP contribution is 2.38. The van der Waals surface area contributed by atoms with Gasteiger partial charge in [0.1, 0.15) is 12.2 Å². The number of amides is 1. The maximum absolute atomic E-state index is 12.1. The molecule has 0 saturated carbocycles. The highest BCUT2D eigenvalue weighted by Gasteiger charge is 2.39. The molecule has 5 rings (SSSR count). The number of hydrogen-bond donors (Lipinski definition) is 1. The fourth-order valence-electron chi connectivity index (χ4n) is 4.68. The van der Waals surface area contributed by atoms with E-state index in [1.807, 2.05) is 66.1 Å². The molecule has 168 valence electrons. The van der Waals surface area contributed by atoms with Crippen LogP contribution >= 0.6 is 11.6 Å². The van der Waals surface area contributed by atoms with Gasteiger partial charge in [-0.2, -0.15) is 0 Å². The van der Waals surface area contributed by atoms with Crippen molar-refractivity contribution in [2.75, 3.05) is 18.0 Å². The number of halogens is 1. The van der Waals surface area contributed by atoms with E-state index in [9.17, 15) is 4.79 Å². The summed E-state index contributed by atoms with van der Waals surface area (Å²) in [5.74, 6) is 1.25. The Morgan fingerprint density at radius 1 is 1.06 bits per heavy atom. The van der Waals surface area contributed by atoms with E-state index in [0.29, 0.717) is 47.9 Å². The van der Waals surface area contributed by atoms with E-state index in [1.165, 1.54) is 0 Å². The smallest absolute Gasteiger partial charge is 0.223 e. The molecule has 2 aromatic heterocycles. The first-order valence-electron chi connectivity index (χ1n) is 11.1. The zero-order valence-corrected chi connectivity index (χ0v) is 19.2. The van der Waals surface area contributed by atoms with Crippen molar-refractivity contribution in [2.45, 2.75) is 26.2 Å². The van der Waals surface area contributed by atoms with Gasteiger partial charge in [-0.1, -0.05) is 48.9 Å². The van der Waals surface area contributed by atoms with Gasteiger partial charge in [0.2, 0.25) is 5.91 Å².